The molecule has 3 heteroatoms. The number of rotatable bonds is 3. The first-order valence-electron chi connectivity index (χ1n) is 6.68. The van der Waals surface area contributed by atoms with Gasteiger partial charge in [0.05, 0.1) is 0 Å². The number of hydrogen-bond donors (Lipinski definition) is 1. The van der Waals surface area contributed by atoms with Crippen LogP contribution >= 0.6 is 0 Å². The zero-order chi connectivity index (χ0) is 15.2. The van der Waals surface area contributed by atoms with E-state index in [1.54, 1.807) is 6.07 Å². The Morgan fingerprint density at radius 3 is 2.52 bits per heavy atom. The molecule has 0 saturated carbocycles. The molecule has 0 atom stereocenters. The molecule has 0 unspecified atom stereocenters. The van der Waals surface area contributed by atoms with E-state index in [0.717, 1.165) is 16.7 Å². The molecule has 0 radical (unpaired) electrons. The highest BCUT2D eigenvalue weighted by atomic mass is 19.1. The zero-order valence-corrected chi connectivity index (χ0v) is 12.1. The van der Waals surface area contributed by atoms with Crippen LogP contribution in [0, 0.1) is 31.5 Å². The molecule has 108 valence electrons. The molecule has 21 heavy (non-hydrogen) atoms. The van der Waals surface area contributed by atoms with E-state index in [0.29, 0.717) is 17.9 Å². The Balaban J connectivity index is 2.18. The van der Waals surface area contributed by atoms with Crippen molar-refractivity contribution in [3.63, 3.8) is 0 Å². The molecule has 0 aromatic heterocycles. The molecule has 0 aliphatic carbocycles. The minimum Gasteiger partial charge on any atom is -0.489 e. The van der Waals surface area contributed by atoms with Gasteiger partial charge in [-0.25, -0.2) is 4.39 Å². The van der Waals surface area contributed by atoms with Gasteiger partial charge in [0.2, 0.25) is 0 Å². The van der Waals surface area contributed by atoms with Gasteiger partial charge in [0.1, 0.15) is 24.8 Å². The van der Waals surface area contributed by atoms with Crippen LogP contribution in [-0.4, -0.2) is 11.7 Å². The van der Waals surface area contributed by atoms with Gasteiger partial charge in [-0.15, -0.1) is 0 Å². The molecule has 2 aromatic carbocycles. The van der Waals surface area contributed by atoms with Gasteiger partial charge in [-0.05, 0) is 42.7 Å². The van der Waals surface area contributed by atoms with Gasteiger partial charge in [0.25, 0.3) is 0 Å². The van der Waals surface area contributed by atoms with Crippen LogP contribution in [0.4, 0.5) is 4.39 Å². The molecule has 0 amide bonds. The predicted octanol–water partition coefficient (Wildman–Crippen LogP) is 3.37. The lowest BCUT2D eigenvalue weighted by atomic mass is 10.0. The quantitative estimate of drug-likeness (QED) is 0.876. The standard InChI is InChI=1S/C18H17FO2/c1-13-5-3-6-14(2)18(13)12-21-17-10-15(7-4-8-20)9-16(19)11-17/h3,5-6,9-11,20H,8,12H2,1-2H3. The molecule has 0 spiro atoms. The Bertz CT molecular complexity index is 676. The lowest BCUT2D eigenvalue weighted by Crippen LogP contribution is -2.01. The smallest absolute Gasteiger partial charge is 0.128 e. The Hall–Kier alpha value is -2.31. The first-order valence-corrected chi connectivity index (χ1v) is 6.68. The van der Waals surface area contributed by atoms with Gasteiger partial charge in [-0.1, -0.05) is 30.0 Å². The van der Waals surface area contributed by atoms with Crippen molar-refractivity contribution in [3.05, 3.63) is 64.5 Å². The topological polar surface area (TPSA) is 29.5 Å². The summed E-state index contributed by atoms with van der Waals surface area (Å²) in [7, 11) is 0. The largest absolute Gasteiger partial charge is 0.489 e. The van der Waals surface area contributed by atoms with Crippen molar-refractivity contribution in [2.45, 2.75) is 20.5 Å². The van der Waals surface area contributed by atoms with Crippen LogP contribution in [0.2, 0.25) is 0 Å². The van der Waals surface area contributed by atoms with Gasteiger partial charge in [-0.3, -0.25) is 0 Å². The monoisotopic (exact) mass is 284 g/mol. The number of hydrogen-bond acceptors (Lipinski definition) is 2. The highest BCUT2D eigenvalue weighted by Crippen LogP contribution is 2.20. The molecule has 0 aliphatic heterocycles. The number of aryl methyl sites for hydroxylation is 2. The third-order valence-electron chi connectivity index (χ3n) is 3.21. The van der Waals surface area contributed by atoms with Gasteiger partial charge >= 0.3 is 0 Å². The van der Waals surface area contributed by atoms with Crippen molar-refractivity contribution >= 4 is 0 Å². The molecular formula is C18H17FO2. The molecule has 0 saturated heterocycles. The summed E-state index contributed by atoms with van der Waals surface area (Å²) >= 11 is 0. The van der Waals surface area contributed by atoms with Crippen molar-refractivity contribution < 1.29 is 14.2 Å². The van der Waals surface area contributed by atoms with Crippen LogP contribution in [0.3, 0.4) is 0 Å². The Morgan fingerprint density at radius 2 is 1.86 bits per heavy atom. The third-order valence-corrected chi connectivity index (χ3v) is 3.21. The van der Waals surface area contributed by atoms with E-state index in [1.807, 2.05) is 32.0 Å². The lowest BCUT2D eigenvalue weighted by molar-refractivity contribution is 0.303. The molecule has 1 N–H and O–H groups in total. The summed E-state index contributed by atoms with van der Waals surface area (Å²) in [5.74, 6) is 5.20. The van der Waals surface area contributed by atoms with Gasteiger partial charge < -0.3 is 9.84 Å². The second kappa shape index (κ2) is 6.92. The van der Waals surface area contributed by atoms with E-state index in [1.165, 1.54) is 12.1 Å². The minimum absolute atomic E-state index is 0.255. The lowest BCUT2D eigenvalue weighted by Gasteiger charge is -2.11. The molecular weight excluding hydrogens is 267 g/mol. The van der Waals surface area contributed by atoms with Gasteiger partial charge in [0, 0.05) is 11.6 Å². The summed E-state index contributed by atoms with van der Waals surface area (Å²) in [5.41, 5.74) is 3.88. The SMILES string of the molecule is Cc1cccc(C)c1COc1cc(F)cc(C#CCO)c1. The predicted molar refractivity (Wildman–Crippen MR) is 80.6 cm³/mol. The van der Waals surface area contributed by atoms with Crippen LogP contribution in [-0.2, 0) is 6.61 Å². The fourth-order valence-corrected chi connectivity index (χ4v) is 2.09. The Labute approximate surface area is 124 Å². The van der Waals surface area contributed by atoms with E-state index in [4.69, 9.17) is 9.84 Å². The Kier molecular flexibility index (Phi) is 4.97. The van der Waals surface area contributed by atoms with E-state index < -0.39 is 5.82 Å². The molecule has 0 aliphatic rings. The molecule has 0 heterocycles. The van der Waals surface area contributed by atoms with Crippen molar-refractivity contribution in [3.8, 4) is 17.6 Å². The van der Waals surface area contributed by atoms with Crippen LogP contribution in [0.1, 0.15) is 22.3 Å². The average molecular weight is 284 g/mol. The summed E-state index contributed by atoms with van der Waals surface area (Å²) in [6.07, 6.45) is 0. The fourth-order valence-electron chi connectivity index (χ4n) is 2.09. The van der Waals surface area contributed by atoms with Crippen LogP contribution in [0.25, 0.3) is 0 Å². The van der Waals surface area contributed by atoms with Crippen molar-refractivity contribution in [2.24, 2.45) is 0 Å². The number of benzene rings is 2. The highest BCUT2D eigenvalue weighted by Gasteiger charge is 2.05. The average Bonchev–Trinajstić information content (AvgIpc) is 2.44. The molecule has 0 bridgehead atoms. The normalized spacial score (nSPS) is 9.90. The van der Waals surface area contributed by atoms with E-state index in [-0.39, 0.29) is 6.61 Å². The van der Waals surface area contributed by atoms with Crippen LogP contribution in [0.5, 0.6) is 5.75 Å². The van der Waals surface area contributed by atoms with Gasteiger partial charge in [-0.2, -0.15) is 0 Å². The maximum Gasteiger partial charge on any atom is 0.128 e. The van der Waals surface area contributed by atoms with Crippen molar-refractivity contribution in [1.29, 1.82) is 0 Å². The third kappa shape index (κ3) is 4.08. The second-order valence-electron chi connectivity index (χ2n) is 4.79. The highest BCUT2D eigenvalue weighted by molar-refractivity contribution is 5.41. The number of ether oxygens (including phenoxy) is 1. The maximum atomic E-state index is 13.5. The number of aliphatic hydroxyl groups excluding tert-OH is 1. The van der Waals surface area contributed by atoms with Crippen LogP contribution < -0.4 is 4.74 Å². The van der Waals surface area contributed by atoms with Gasteiger partial charge in [0.15, 0.2) is 0 Å². The van der Waals surface area contributed by atoms with E-state index >= 15 is 0 Å². The number of halogens is 1. The first-order chi connectivity index (χ1) is 10.1. The summed E-state index contributed by atoms with van der Waals surface area (Å²) in [5, 5.41) is 8.68. The molecule has 2 nitrogen and oxygen atoms in total. The zero-order valence-electron chi connectivity index (χ0n) is 12.1. The summed E-state index contributed by atoms with van der Waals surface area (Å²) < 4.78 is 19.2. The van der Waals surface area contributed by atoms with Crippen molar-refractivity contribution in [1.82, 2.24) is 0 Å². The molecule has 0 fully saturated rings. The van der Waals surface area contributed by atoms with E-state index in [2.05, 4.69) is 11.8 Å². The maximum absolute atomic E-state index is 13.5. The second-order valence-corrected chi connectivity index (χ2v) is 4.79. The number of aliphatic hydroxyl groups is 1. The first kappa shape index (κ1) is 15.1. The fraction of sp³-hybridized carbons (Fsp3) is 0.222. The summed E-state index contributed by atoms with van der Waals surface area (Å²) in [4.78, 5) is 0. The van der Waals surface area contributed by atoms with Crippen LogP contribution in [0.15, 0.2) is 36.4 Å². The summed E-state index contributed by atoms with van der Waals surface area (Å²) in [6.45, 7) is 4.18. The molecule has 2 rings (SSSR count). The minimum atomic E-state index is -0.406. The Morgan fingerprint density at radius 1 is 1.14 bits per heavy atom. The van der Waals surface area contributed by atoms with Crippen molar-refractivity contribution in [2.75, 3.05) is 6.61 Å². The summed E-state index contributed by atoms with van der Waals surface area (Å²) in [6, 6.07) is 10.4. The van der Waals surface area contributed by atoms with E-state index in [9.17, 15) is 4.39 Å². The molecule has 2 aromatic rings.